The highest BCUT2D eigenvalue weighted by Crippen LogP contribution is 2.39. The lowest BCUT2D eigenvalue weighted by Crippen LogP contribution is -2.38. The first-order valence-electron chi connectivity index (χ1n) is 10.7. The molecule has 0 heterocycles. The molecular formula is C24H35N3O5. The average molecular weight is 446 g/mol. The average Bonchev–Trinajstić information content (AvgIpc) is 2.84. The van der Waals surface area contributed by atoms with E-state index in [-0.39, 0.29) is 0 Å². The molecular weight excluding hydrogens is 410 g/mol. The predicted molar refractivity (Wildman–Crippen MR) is 126 cm³/mol. The second-order valence-corrected chi connectivity index (χ2v) is 6.84. The van der Waals surface area contributed by atoms with Crippen LogP contribution in [0.15, 0.2) is 41.4 Å². The van der Waals surface area contributed by atoms with Crippen molar-refractivity contribution in [2.75, 3.05) is 48.2 Å². The van der Waals surface area contributed by atoms with Gasteiger partial charge in [-0.15, -0.1) is 0 Å². The summed E-state index contributed by atoms with van der Waals surface area (Å²) < 4.78 is 27.1. The second-order valence-electron chi connectivity index (χ2n) is 6.84. The Morgan fingerprint density at radius 1 is 0.844 bits per heavy atom. The molecule has 0 aliphatic rings. The Bertz CT molecular complexity index is 840. The normalized spacial score (nSPS) is 11.1. The molecule has 2 aromatic rings. The molecule has 0 saturated heterocycles. The summed E-state index contributed by atoms with van der Waals surface area (Å²) in [5.41, 5.74) is 2.02. The highest BCUT2D eigenvalue weighted by atomic mass is 16.5. The molecule has 0 unspecified atom stereocenters. The molecule has 0 aliphatic carbocycles. The van der Waals surface area contributed by atoms with Gasteiger partial charge in [-0.05, 0) is 43.2 Å². The van der Waals surface area contributed by atoms with Crippen LogP contribution in [0, 0.1) is 0 Å². The Balaban J connectivity index is 2.11. The lowest BCUT2D eigenvalue weighted by molar-refractivity contribution is 0.145. The smallest absolute Gasteiger partial charge is 0.203 e. The molecule has 0 atom stereocenters. The summed E-state index contributed by atoms with van der Waals surface area (Å²) >= 11 is 0. The van der Waals surface area contributed by atoms with Crippen molar-refractivity contribution < 1.29 is 23.7 Å². The van der Waals surface area contributed by atoms with Crippen molar-refractivity contribution in [3.8, 4) is 23.0 Å². The fourth-order valence-electron chi connectivity index (χ4n) is 3.08. The topological polar surface area (TPSA) is 82.6 Å². The molecule has 32 heavy (non-hydrogen) atoms. The van der Waals surface area contributed by atoms with Gasteiger partial charge in [0.25, 0.3) is 0 Å². The Morgan fingerprint density at radius 3 is 2.22 bits per heavy atom. The van der Waals surface area contributed by atoms with Crippen molar-refractivity contribution in [3.63, 3.8) is 0 Å². The summed E-state index contributed by atoms with van der Waals surface area (Å²) in [5.74, 6) is 3.34. The number of methoxy groups -OCH3 is 4. The molecule has 0 fully saturated rings. The van der Waals surface area contributed by atoms with Gasteiger partial charge in [0.2, 0.25) is 5.75 Å². The van der Waals surface area contributed by atoms with Gasteiger partial charge in [0.15, 0.2) is 17.5 Å². The SMILES string of the molecule is CCOCCCNC(=NCc1ccc(OC)cc1)NCc1ccc(OC)c(OC)c1OC. The lowest BCUT2D eigenvalue weighted by atomic mass is 10.1. The van der Waals surface area contributed by atoms with Gasteiger partial charge >= 0.3 is 0 Å². The van der Waals surface area contributed by atoms with Crippen LogP contribution in [-0.2, 0) is 17.8 Å². The molecule has 0 aromatic heterocycles. The quantitative estimate of drug-likeness (QED) is 0.278. The Kier molecular flexibility index (Phi) is 11.0. The molecule has 8 nitrogen and oxygen atoms in total. The second kappa shape index (κ2) is 14.0. The molecule has 0 spiro atoms. The van der Waals surface area contributed by atoms with Crippen molar-refractivity contribution in [3.05, 3.63) is 47.5 Å². The highest BCUT2D eigenvalue weighted by molar-refractivity contribution is 5.80. The van der Waals surface area contributed by atoms with E-state index in [1.165, 1.54) is 0 Å². The fourth-order valence-corrected chi connectivity index (χ4v) is 3.08. The van der Waals surface area contributed by atoms with Crippen LogP contribution in [0.2, 0.25) is 0 Å². The van der Waals surface area contributed by atoms with Crippen LogP contribution < -0.4 is 29.6 Å². The zero-order valence-electron chi connectivity index (χ0n) is 19.7. The van der Waals surface area contributed by atoms with E-state index in [0.29, 0.717) is 42.9 Å². The summed E-state index contributed by atoms with van der Waals surface area (Å²) in [6.07, 6.45) is 0.886. The van der Waals surface area contributed by atoms with Crippen LogP contribution in [0.1, 0.15) is 24.5 Å². The monoisotopic (exact) mass is 445 g/mol. The lowest BCUT2D eigenvalue weighted by Gasteiger charge is -2.17. The van der Waals surface area contributed by atoms with Gasteiger partial charge in [-0.3, -0.25) is 0 Å². The molecule has 0 amide bonds. The van der Waals surface area contributed by atoms with Gasteiger partial charge in [-0.2, -0.15) is 0 Å². The highest BCUT2D eigenvalue weighted by Gasteiger charge is 2.16. The van der Waals surface area contributed by atoms with Gasteiger partial charge in [0, 0.05) is 31.9 Å². The maximum absolute atomic E-state index is 5.59. The van der Waals surface area contributed by atoms with Gasteiger partial charge in [0.05, 0.1) is 35.0 Å². The number of hydrogen-bond acceptors (Lipinski definition) is 6. The summed E-state index contributed by atoms with van der Waals surface area (Å²) in [5, 5.41) is 6.75. The number of benzene rings is 2. The summed E-state index contributed by atoms with van der Waals surface area (Å²) in [6, 6.07) is 11.7. The number of nitrogens with zero attached hydrogens (tertiary/aromatic N) is 1. The minimum atomic E-state index is 0.503. The molecule has 0 radical (unpaired) electrons. The predicted octanol–water partition coefficient (Wildman–Crippen LogP) is 3.38. The number of nitrogens with one attached hydrogen (secondary N) is 2. The molecule has 0 saturated carbocycles. The zero-order valence-corrected chi connectivity index (χ0v) is 19.7. The Morgan fingerprint density at radius 2 is 1.59 bits per heavy atom. The number of guanidine groups is 1. The van der Waals surface area contributed by atoms with Gasteiger partial charge in [0.1, 0.15) is 5.75 Å². The van der Waals surface area contributed by atoms with Crippen LogP contribution in [-0.4, -0.2) is 54.2 Å². The van der Waals surface area contributed by atoms with Crippen molar-refractivity contribution in [2.45, 2.75) is 26.4 Å². The fraction of sp³-hybridized carbons (Fsp3) is 0.458. The van der Waals surface area contributed by atoms with Gasteiger partial charge in [-0.25, -0.2) is 4.99 Å². The molecule has 0 bridgehead atoms. The first-order valence-corrected chi connectivity index (χ1v) is 10.7. The maximum Gasteiger partial charge on any atom is 0.203 e. The summed E-state index contributed by atoms with van der Waals surface area (Å²) in [4.78, 5) is 4.73. The van der Waals surface area contributed by atoms with Gasteiger partial charge in [-0.1, -0.05) is 12.1 Å². The Hall–Kier alpha value is -3.13. The van der Waals surface area contributed by atoms with Gasteiger partial charge < -0.3 is 34.3 Å². The maximum atomic E-state index is 5.59. The van der Waals surface area contributed by atoms with E-state index in [0.717, 1.165) is 36.4 Å². The summed E-state index contributed by atoms with van der Waals surface area (Å²) in [6.45, 7) is 5.20. The first-order chi connectivity index (χ1) is 15.7. The standard InChI is InChI=1S/C24H35N3O5/c1-6-32-15-7-14-25-24(26-16-18-8-11-20(28-2)12-9-18)27-17-19-10-13-21(29-3)23(31-5)22(19)30-4/h8-13H,6-7,14-17H2,1-5H3,(H2,25,26,27). The first kappa shape index (κ1) is 25.1. The zero-order chi connectivity index (χ0) is 23.2. The Labute approximate surface area is 190 Å². The molecule has 0 aliphatic heterocycles. The van der Waals surface area contributed by atoms with E-state index in [1.807, 2.05) is 43.3 Å². The summed E-state index contributed by atoms with van der Waals surface area (Å²) in [7, 11) is 6.47. The molecule has 2 N–H and O–H groups in total. The van der Waals surface area contributed by atoms with Crippen LogP contribution in [0.25, 0.3) is 0 Å². The van der Waals surface area contributed by atoms with E-state index in [9.17, 15) is 0 Å². The third-order valence-corrected chi connectivity index (χ3v) is 4.77. The minimum absolute atomic E-state index is 0.503. The molecule has 8 heteroatoms. The third-order valence-electron chi connectivity index (χ3n) is 4.77. The van der Waals surface area contributed by atoms with E-state index in [4.69, 9.17) is 28.7 Å². The number of aliphatic imine (C=N–C) groups is 1. The number of rotatable bonds is 13. The molecule has 2 rings (SSSR count). The van der Waals surface area contributed by atoms with Crippen molar-refractivity contribution >= 4 is 5.96 Å². The molecule has 176 valence electrons. The number of hydrogen-bond donors (Lipinski definition) is 2. The van der Waals surface area contributed by atoms with Crippen molar-refractivity contribution in [1.29, 1.82) is 0 Å². The van der Waals surface area contributed by atoms with Crippen LogP contribution in [0.4, 0.5) is 0 Å². The van der Waals surface area contributed by atoms with E-state index in [2.05, 4.69) is 10.6 Å². The van der Waals surface area contributed by atoms with Crippen molar-refractivity contribution in [1.82, 2.24) is 10.6 Å². The van der Waals surface area contributed by atoms with Crippen LogP contribution in [0.5, 0.6) is 23.0 Å². The van der Waals surface area contributed by atoms with Crippen molar-refractivity contribution in [2.24, 2.45) is 4.99 Å². The van der Waals surface area contributed by atoms with E-state index < -0.39 is 0 Å². The van der Waals surface area contributed by atoms with E-state index >= 15 is 0 Å². The minimum Gasteiger partial charge on any atom is -0.497 e. The van der Waals surface area contributed by atoms with Crippen LogP contribution >= 0.6 is 0 Å². The van der Waals surface area contributed by atoms with Crippen LogP contribution in [0.3, 0.4) is 0 Å². The number of ether oxygens (including phenoxy) is 5. The van der Waals surface area contributed by atoms with E-state index in [1.54, 1.807) is 28.4 Å². The third kappa shape index (κ3) is 7.53. The molecule has 2 aromatic carbocycles. The largest absolute Gasteiger partial charge is 0.497 e.